The summed E-state index contributed by atoms with van der Waals surface area (Å²) in [5.41, 5.74) is 1.51. The number of benzene rings is 2. The molecule has 0 atom stereocenters. The highest BCUT2D eigenvalue weighted by atomic mass is 14.1. The Balaban J connectivity index is 1.17. The molecule has 2 aromatic carbocycles. The molecule has 0 fully saturated rings. The van der Waals surface area contributed by atoms with Crippen LogP contribution in [-0.2, 0) is 6.42 Å². The highest BCUT2D eigenvalue weighted by Crippen LogP contribution is 2.19. The molecule has 2 rings (SSSR count). The second-order valence-corrected chi connectivity index (χ2v) is 14.7. The molecule has 0 aliphatic rings. The fourth-order valence-electron chi connectivity index (χ4n) is 7.28. The van der Waals surface area contributed by atoms with Crippen LogP contribution in [0.5, 0.6) is 0 Å². The van der Waals surface area contributed by atoms with Crippen molar-refractivity contribution in [2.75, 3.05) is 0 Å². The summed E-state index contributed by atoms with van der Waals surface area (Å²) in [7, 11) is 0. The Hall–Kier alpha value is -1.30. The SMILES string of the molecule is CCCCCCCCCCCCCCCCCCCCCCCCCCCCCCCCCCCc1ccc2ccccc2c1. The molecular weight excluding hydrogens is 540 g/mol. The fraction of sp³-hybridized carbons (Fsp3) is 0.778. The Labute approximate surface area is 283 Å². The lowest BCUT2D eigenvalue weighted by molar-refractivity contribution is 0.511. The van der Waals surface area contributed by atoms with Crippen LogP contribution in [0.2, 0.25) is 0 Å². The van der Waals surface area contributed by atoms with Gasteiger partial charge in [0.1, 0.15) is 0 Å². The molecule has 0 aliphatic carbocycles. The number of unbranched alkanes of at least 4 members (excludes halogenated alkanes) is 32. The Bertz CT molecular complexity index is 865. The van der Waals surface area contributed by atoms with Gasteiger partial charge >= 0.3 is 0 Å². The Morgan fingerprint density at radius 1 is 0.289 bits per heavy atom. The first-order chi connectivity index (χ1) is 22.4. The first-order valence-corrected chi connectivity index (χ1v) is 20.9. The molecule has 0 saturated heterocycles. The highest BCUT2D eigenvalue weighted by Gasteiger charge is 1.99. The van der Waals surface area contributed by atoms with E-state index >= 15 is 0 Å². The van der Waals surface area contributed by atoms with Crippen LogP contribution in [0.25, 0.3) is 10.8 Å². The lowest BCUT2D eigenvalue weighted by Gasteiger charge is -2.05. The van der Waals surface area contributed by atoms with Gasteiger partial charge < -0.3 is 0 Å². The van der Waals surface area contributed by atoms with Gasteiger partial charge in [0.2, 0.25) is 0 Å². The molecule has 0 nitrogen and oxygen atoms in total. The first kappa shape index (κ1) is 39.9. The molecule has 0 aromatic heterocycles. The lowest BCUT2D eigenvalue weighted by atomic mass is 10.0. The van der Waals surface area contributed by atoms with Gasteiger partial charge in [0, 0.05) is 0 Å². The second kappa shape index (κ2) is 31.3. The molecule has 0 amide bonds. The Morgan fingerprint density at radius 3 is 0.911 bits per heavy atom. The fourth-order valence-corrected chi connectivity index (χ4v) is 7.28. The number of rotatable bonds is 34. The van der Waals surface area contributed by atoms with E-state index in [1.165, 1.54) is 235 Å². The van der Waals surface area contributed by atoms with Crippen LogP contribution in [0.1, 0.15) is 224 Å². The zero-order chi connectivity index (χ0) is 31.7. The van der Waals surface area contributed by atoms with Crippen molar-refractivity contribution in [3.8, 4) is 0 Å². The maximum absolute atomic E-state index is 2.39. The maximum Gasteiger partial charge on any atom is -0.0181 e. The smallest absolute Gasteiger partial charge is 0.0181 e. The van der Waals surface area contributed by atoms with Crippen LogP contribution < -0.4 is 0 Å². The van der Waals surface area contributed by atoms with Crippen LogP contribution >= 0.6 is 0 Å². The van der Waals surface area contributed by atoms with Crippen LogP contribution in [0, 0.1) is 0 Å². The van der Waals surface area contributed by atoms with Crippen molar-refractivity contribution in [2.45, 2.75) is 225 Å². The molecule has 0 unspecified atom stereocenters. The van der Waals surface area contributed by atoms with E-state index in [-0.39, 0.29) is 0 Å². The highest BCUT2D eigenvalue weighted by molar-refractivity contribution is 5.82. The zero-order valence-corrected chi connectivity index (χ0v) is 30.6. The zero-order valence-electron chi connectivity index (χ0n) is 30.6. The summed E-state index contributed by atoms with van der Waals surface area (Å²) in [6.07, 6.45) is 49.7. The number of fused-ring (bicyclic) bond motifs is 1. The Kier molecular flexibility index (Phi) is 27.7. The molecule has 2 aromatic rings. The van der Waals surface area contributed by atoms with E-state index in [0.29, 0.717) is 0 Å². The van der Waals surface area contributed by atoms with Crippen LogP contribution in [0.3, 0.4) is 0 Å². The largest absolute Gasteiger partial charge is 0.0654 e. The minimum Gasteiger partial charge on any atom is -0.0654 e. The number of aryl methyl sites for hydroxylation is 1. The van der Waals surface area contributed by atoms with Gasteiger partial charge in [0.05, 0.1) is 0 Å². The van der Waals surface area contributed by atoms with E-state index in [9.17, 15) is 0 Å². The van der Waals surface area contributed by atoms with Crippen molar-refractivity contribution in [1.82, 2.24) is 0 Å². The normalized spacial score (nSPS) is 11.6. The van der Waals surface area contributed by atoms with Crippen molar-refractivity contribution in [3.05, 3.63) is 48.0 Å². The molecule has 0 saturated carbocycles. The van der Waals surface area contributed by atoms with Gasteiger partial charge in [0.25, 0.3) is 0 Å². The van der Waals surface area contributed by atoms with Crippen molar-refractivity contribution in [1.29, 1.82) is 0 Å². The van der Waals surface area contributed by atoms with Crippen molar-refractivity contribution < 1.29 is 0 Å². The van der Waals surface area contributed by atoms with E-state index < -0.39 is 0 Å². The summed E-state index contributed by atoms with van der Waals surface area (Å²) in [4.78, 5) is 0. The summed E-state index contributed by atoms with van der Waals surface area (Å²) in [6, 6.07) is 15.7. The minimum absolute atomic E-state index is 1.24. The van der Waals surface area contributed by atoms with Gasteiger partial charge in [-0.1, -0.05) is 255 Å². The molecule has 0 heteroatoms. The van der Waals surface area contributed by atoms with Gasteiger partial charge in [-0.15, -0.1) is 0 Å². The maximum atomic E-state index is 2.39. The second-order valence-electron chi connectivity index (χ2n) is 14.7. The predicted molar refractivity (Wildman–Crippen MR) is 206 cm³/mol. The summed E-state index contributed by atoms with van der Waals surface area (Å²) >= 11 is 0. The third kappa shape index (κ3) is 24.5. The van der Waals surface area contributed by atoms with Gasteiger partial charge in [-0.3, -0.25) is 0 Å². The van der Waals surface area contributed by atoms with Gasteiger partial charge in [-0.2, -0.15) is 0 Å². The van der Waals surface area contributed by atoms with Gasteiger partial charge in [0.15, 0.2) is 0 Å². The summed E-state index contributed by atoms with van der Waals surface area (Å²) < 4.78 is 0. The number of hydrogen-bond acceptors (Lipinski definition) is 0. The molecular formula is C45H78. The molecule has 258 valence electrons. The van der Waals surface area contributed by atoms with E-state index in [1.54, 1.807) is 0 Å². The third-order valence-corrected chi connectivity index (χ3v) is 10.4. The average molecular weight is 619 g/mol. The summed E-state index contributed by atoms with van der Waals surface area (Å²) in [5.74, 6) is 0. The molecule has 45 heavy (non-hydrogen) atoms. The summed E-state index contributed by atoms with van der Waals surface area (Å²) in [5, 5.41) is 2.75. The predicted octanol–water partition coefficient (Wildman–Crippen LogP) is 16.3. The molecule has 0 aliphatic heterocycles. The van der Waals surface area contributed by atoms with E-state index in [1.807, 2.05) is 0 Å². The molecule has 0 N–H and O–H groups in total. The molecule has 0 radical (unpaired) electrons. The monoisotopic (exact) mass is 619 g/mol. The first-order valence-electron chi connectivity index (χ1n) is 20.9. The average Bonchev–Trinajstić information content (AvgIpc) is 3.06. The van der Waals surface area contributed by atoms with Crippen molar-refractivity contribution >= 4 is 10.8 Å². The lowest BCUT2D eigenvalue weighted by Crippen LogP contribution is -1.87. The standard InChI is InChI=1S/C45H78/c1-2-3-4-5-6-7-8-9-10-11-12-13-14-15-16-17-18-19-20-21-22-23-24-25-26-27-28-29-30-31-32-33-34-37-43-40-41-44-38-35-36-39-45(44)42-43/h35-36,38-42H,2-34,37H2,1H3. The van der Waals surface area contributed by atoms with E-state index in [2.05, 4.69) is 49.4 Å². The quantitative estimate of drug-likeness (QED) is 0.0684. The van der Waals surface area contributed by atoms with Crippen LogP contribution in [0.15, 0.2) is 42.5 Å². The Morgan fingerprint density at radius 2 is 0.578 bits per heavy atom. The van der Waals surface area contributed by atoms with Gasteiger partial charge in [-0.25, -0.2) is 0 Å². The topological polar surface area (TPSA) is 0 Å². The van der Waals surface area contributed by atoms with Crippen LogP contribution in [-0.4, -0.2) is 0 Å². The van der Waals surface area contributed by atoms with E-state index in [0.717, 1.165) is 0 Å². The molecule has 0 bridgehead atoms. The number of hydrogen-bond donors (Lipinski definition) is 0. The molecule has 0 spiro atoms. The van der Waals surface area contributed by atoms with Gasteiger partial charge in [-0.05, 0) is 29.2 Å². The van der Waals surface area contributed by atoms with E-state index in [4.69, 9.17) is 0 Å². The van der Waals surface area contributed by atoms with Crippen molar-refractivity contribution in [3.63, 3.8) is 0 Å². The van der Waals surface area contributed by atoms with Crippen molar-refractivity contribution in [2.24, 2.45) is 0 Å². The van der Waals surface area contributed by atoms with Crippen LogP contribution in [0.4, 0.5) is 0 Å². The molecule has 0 heterocycles. The minimum atomic E-state index is 1.24. The summed E-state index contributed by atoms with van der Waals surface area (Å²) in [6.45, 7) is 2.31. The third-order valence-electron chi connectivity index (χ3n) is 10.4.